The third-order valence-corrected chi connectivity index (χ3v) is 3.34. The lowest BCUT2D eigenvalue weighted by molar-refractivity contribution is 0.437. The minimum atomic E-state index is 0.159. The Kier molecular flexibility index (Phi) is 3.97. The summed E-state index contributed by atoms with van der Waals surface area (Å²) < 4.78 is 5.62. The van der Waals surface area contributed by atoms with Crippen molar-refractivity contribution < 1.29 is 4.74 Å². The van der Waals surface area contributed by atoms with Crippen LogP contribution in [0.4, 0.5) is 5.95 Å². The van der Waals surface area contributed by atoms with Gasteiger partial charge in [-0.15, -0.1) is 0 Å². The topological polar surface area (TPSA) is 51.1 Å². The van der Waals surface area contributed by atoms with Gasteiger partial charge in [-0.1, -0.05) is 18.2 Å². The van der Waals surface area contributed by atoms with E-state index in [1.54, 1.807) is 0 Å². The van der Waals surface area contributed by atoms with Crippen LogP contribution in [0.5, 0.6) is 11.8 Å². The Hall–Kier alpha value is -1.88. The van der Waals surface area contributed by atoms with Gasteiger partial charge in [0.05, 0.1) is 0 Å². The van der Waals surface area contributed by atoms with Crippen LogP contribution in [0, 0.1) is 0 Å². The molecule has 1 aromatic heterocycles. The Morgan fingerprint density at radius 1 is 0.950 bits per heavy atom. The predicted octanol–water partition coefficient (Wildman–Crippen LogP) is 3.31. The molecular formula is C14H15ClN4O. The number of benzene rings is 1. The average Bonchev–Trinajstić information content (AvgIpc) is 2.49. The molecule has 6 heteroatoms. The molecule has 1 aromatic carbocycles. The van der Waals surface area contributed by atoms with Crippen molar-refractivity contribution in [2.75, 3.05) is 18.0 Å². The second-order valence-electron chi connectivity index (χ2n) is 4.65. The first-order chi connectivity index (χ1) is 9.81. The van der Waals surface area contributed by atoms with Crippen LogP contribution in [0.1, 0.15) is 19.3 Å². The van der Waals surface area contributed by atoms with Gasteiger partial charge in [-0.25, -0.2) is 0 Å². The summed E-state index contributed by atoms with van der Waals surface area (Å²) in [6.07, 6.45) is 3.55. The number of piperidine rings is 1. The number of rotatable bonds is 3. The highest BCUT2D eigenvalue weighted by atomic mass is 35.5. The lowest BCUT2D eigenvalue weighted by Gasteiger charge is -2.26. The Bertz CT molecular complexity index is 573. The summed E-state index contributed by atoms with van der Waals surface area (Å²) in [4.78, 5) is 14.7. The molecule has 0 amide bonds. The highest BCUT2D eigenvalue weighted by Crippen LogP contribution is 2.22. The minimum absolute atomic E-state index is 0.159. The van der Waals surface area contributed by atoms with Crippen molar-refractivity contribution in [2.45, 2.75) is 19.3 Å². The van der Waals surface area contributed by atoms with E-state index in [-0.39, 0.29) is 11.3 Å². The molecule has 0 N–H and O–H groups in total. The molecule has 3 rings (SSSR count). The zero-order valence-corrected chi connectivity index (χ0v) is 11.8. The van der Waals surface area contributed by atoms with Crippen molar-refractivity contribution in [3.05, 3.63) is 35.6 Å². The first kappa shape index (κ1) is 13.1. The van der Waals surface area contributed by atoms with Crippen LogP contribution < -0.4 is 9.64 Å². The third-order valence-electron chi connectivity index (χ3n) is 3.17. The van der Waals surface area contributed by atoms with Gasteiger partial charge < -0.3 is 9.64 Å². The number of nitrogens with zero attached hydrogens (tertiary/aromatic N) is 4. The van der Waals surface area contributed by atoms with Crippen LogP contribution >= 0.6 is 11.6 Å². The Labute approximate surface area is 122 Å². The summed E-state index contributed by atoms with van der Waals surface area (Å²) in [7, 11) is 0. The molecule has 0 bridgehead atoms. The van der Waals surface area contributed by atoms with Gasteiger partial charge in [0.2, 0.25) is 11.2 Å². The second kappa shape index (κ2) is 6.05. The number of halogens is 1. The van der Waals surface area contributed by atoms with Crippen LogP contribution in [-0.4, -0.2) is 28.0 Å². The molecule has 0 saturated carbocycles. The molecule has 2 aromatic rings. The first-order valence-corrected chi connectivity index (χ1v) is 7.08. The summed E-state index contributed by atoms with van der Waals surface area (Å²) in [5.41, 5.74) is 0. The molecule has 1 aliphatic rings. The monoisotopic (exact) mass is 290 g/mol. The fraction of sp³-hybridized carbons (Fsp3) is 0.357. The van der Waals surface area contributed by atoms with Crippen LogP contribution in [0.25, 0.3) is 0 Å². The van der Waals surface area contributed by atoms with Gasteiger partial charge in [-0.05, 0) is 43.0 Å². The van der Waals surface area contributed by atoms with E-state index in [9.17, 15) is 0 Å². The number of ether oxygens (including phenoxy) is 1. The SMILES string of the molecule is Clc1nc(Oc2ccccc2)nc(N2CCCCC2)n1. The highest BCUT2D eigenvalue weighted by Gasteiger charge is 2.16. The van der Waals surface area contributed by atoms with E-state index in [1.165, 1.54) is 6.42 Å². The molecule has 0 aliphatic carbocycles. The number of hydrogen-bond donors (Lipinski definition) is 0. The van der Waals surface area contributed by atoms with Gasteiger partial charge in [-0.2, -0.15) is 15.0 Å². The van der Waals surface area contributed by atoms with E-state index < -0.39 is 0 Å². The first-order valence-electron chi connectivity index (χ1n) is 6.71. The number of hydrogen-bond acceptors (Lipinski definition) is 5. The van der Waals surface area contributed by atoms with Crippen LogP contribution in [0.2, 0.25) is 5.28 Å². The normalized spacial score (nSPS) is 15.2. The Morgan fingerprint density at radius 2 is 1.70 bits per heavy atom. The zero-order chi connectivity index (χ0) is 13.8. The Balaban J connectivity index is 1.82. The quantitative estimate of drug-likeness (QED) is 0.868. The minimum Gasteiger partial charge on any atom is -0.424 e. The van der Waals surface area contributed by atoms with E-state index >= 15 is 0 Å². The molecular weight excluding hydrogens is 276 g/mol. The van der Waals surface area contributed by atoms with E-state index in [1.807, 2.05) is 30.3 Å². The van der Waals surface area contributed by atoms with Crippen molar-refractivity contribution in [2.24, 2.45) is 0 Å². The van der Waals surface area contributed by atoms with E-state index in [0.717, 1.165) is 25.9 Å². The maximum Gasteiger partial charge on any atom is 0.328 e. The number of para-hydroxylation sites is 1. The summed E-state index contributed by atoms with van der Waals surface area (Å²) in [5, 5.41) is 0.159. The summed E-state index contributed by atoms with van der Waals surface area (Å²) in [5.74, 6) is 1.27. The van der Waals surface area contributed by atoms with Gasteiger partial charge in [0.1, 0.15) is 5.75 Å². The number of anilines is 1. The average molecular weight is 291 g/mol. The molecule has 104 valence electrons. The molecule has 20 heavy (non-hydrogen) atoms. The van der Waals surface area contributed by atoms with Gasteiger partial charge in [0.25, 0.3) is 0 Å². The van der Waals surface area contributed by atoms with Crippen LogP contribution in [0.3, 0.4) is 0 Å². The summed E-state index contributed by atoms with van der Waals surface area (Å²) in [6.45, 7) is 1.90. The zero-order valence-electron chi connectivity index (χ0n) is 11.0. The summed E-state index contributed by atoms with van der Waals surface area (Å²) >= 11 is 5.97. The standard InChI is InChI=1S/C14H15ClN4O/c15-12-16-13(19-9-5-2-6-10-19)18-14(17-12)20-11-7-3-1-4-8-11/h1,3-4,7-8H,2,5-6,9-10H2. The van der Waals surface area contributed by atoms with Gasteiger partial charge >= 0.3 is 6.01 Å². The van der Waals surface area contributed by atoms with E-state index in [0.29, 0.717) is 11.7 Å². The van der Waals surface area contributed by atoms with E-state index in [4.69, 9.17) is 16.3 Å². The van der Waals surface area contributed by atoms with Crippen LogP contribution in [0.15, 0.2) is 30.3 Å². The largest absolute Gasteiger partial charge is 0.424 e. The predicted molar refractivity (Wildman–Crippen MR) is 77.4 cm³/mol. The molecule has 0 spiro atoms. The molecule has 0 unspecified atom stereocenters. The van der Waals surface area contributed by atoms with E-state index in [2.05, 4.69) is 19.9 Å². The van der Waals surface area contributed by atoms with Crippen LogP contribution in [-0.2, 0) is 0 Å². The van der Waals surface area contributed by atoms with Gasteiger partial charge in [-0.3, -0.25) is 0 Å². The lowest BCUT2D eigenvalue weighted by atomic mass is 10.1. The highest BCUT2D eigenvalue weighted by molar-refractivity contribution is 6.28. The lowest BCUT2D eigenvalue weighted by Crippen LogP contribution is -2.31. The van der Waals surface area contributed by atoms with Gasteiger partial charge in [0, 0.05) is 13.1 Å². The van der Waals surface area contributed by atoms with Crippen molar-refractivity contribution in [1.29, 1.82) is 0 Å². The third kappa shape index (κ3) is 3.17. The maximum atomic E-state index is 5.97. The van der Waals surface area contributed by atoms with Crippen molar-refractivity contribution in [1.82, 2.24) is 15.0 Å². The molecule has 0 atom stereocenters. The fourth-order valence-corrected chi connectivity index (χ4v) is 2.34. The number of aromatic nitrogens is 3. The van der Waals surface area contributed by atoms with Crippen molar-refractivity contribution in [3.63, 3.8) is 0 Å². The van der Waals surface area contributed by atoms with Crippen molar-refractivity contribution >= 4 is 17.5 Å². The maximum absolute atomic E-state index is 5.97. The molecule has 1 aliphatic heterocycles. The fourth-order valence-electron chi connectivity index (χ4n) is 2.20. The van der Waals surface area contributed by atoms with Gasteiger partial charge in [0.15, 0.2) is 0 Å². The smallest absolute Gasteiger partial charge is 0.328 e. The molecule has 5 nitrogen and oxygen atoms in total. The van der Waals surface area contributed by atoms with Crippen molar-refractivity contribution in [3.8, 4) is 11.8 Å². The second-order valence-corrected chi connectivity index (χ2v) is 4.99. The molecule has 2 heterocycles. The Morgan fingerprint density at radius 3 is 2.45 bits per heavy atom. The molecule has 1 saturated heterocycles. The summed E-state index contributed by atoms with van der Waals surface area (Å²) in [6, 6.07) is 9.63. The molecule has 1 fully saturated rings. The molecule has 0 radical (unpaired) electrons.